The van der Waals surface area contributed by atoms with Crippen molar-refractivity contribution in [2.75, 3.05) is 21.3 Å². The zero-order chi connectivity index (χ0) is 33.6. The van der Waals surface area contributed by atoms with Crippen LogP contribution in [0, 0.1) is 27.7 Å². The first-order valence-electron chi connectivity index (χ1n) is 13.2. The predicted octanol–water partition coefficient (Wildman–Crippen LogP) is 7.20. The van der Waals surface area contributed by atoms with Gasteiger partial charge in [-0.25, -0.2) is 24.4 Å². The molecule has 0 unspecified atom stereocenters. The third kappa shape index (κ3) is 10.3. The largest absolute Gasteiger partial charge is 0.467 e. The molecular formula is C30H41Cl3N2O8. The Hall–Kier alpha value is -2.50. The molecule has 10 nitrogen and oxygen atoms in total. The van der Waals surface area contributed by atoms with Gasteiger partial charge < -0.3 is 23.7 Å². The number of nitrogens with zero attached hydrogens (tertiary/aromatic N) is 2. The molecule has 0 aliphatic heterocycles. The molecule has 2 aromatic rings. The first kappa shape index (κ1) is 38.5. The summed E-state index contributed by atoms with van der Waals surface area (Å²) in [5, 5.41) is 0.926. The van der Waals surface area contributed by atoms with Gasteiger partial charge in [0.1, 0.15) is 5.15 Å². The lowest BCUT2D eigenvalue weighted by Gasteiger charge is -2.28. The van der Waals surface area contributed by atoms with Crippen molar-refractivity contribution in [2.45, 2.75) is 92.6 Å². The van der Waals surface area contributed by atoms with E-state index in [1.165, 1.54) is 21.3 Å². The highest BCUT2D eigenvalue weighted by molar-refractivity contribution is 6.36. The normalized spacial score (nSPS) is 12.9. The molecule has 0 saturated carbocycles. The molecule has 0 radical (unpaired) electrons. The molecule has 0 fully saturated rings. The molecule has 2 aromatic heterocycles. The Balaban J connectivity index is 0.000000434. The van der Waals surface area contributed by atoms with Gasteiger partial charge in [0.2, 0.25) is 0 Å². The number of pyridine rings is 2. The van der Waals surface area contributed by atoms with E-state index in [4.69, 9.17) is 58.5 Å². The zero-order valence-electron chi connectivity index (χ0n) is 26.9. The smallest absolute Gasteiger partial charge is 0.356 e. The second-order valence-corrected chi connectivity index (χ2v) is 12.6. The highest BCUT2D eigenvalue weighted by Crippen LogP contribution is 2.37. The second-order valence-electron chi connectivity index (χ2n) is 11.5. The molecule has 0 amide bonds. The van der Waals surface area contributed by atoms with E-state index in [9.17, 15) is 14.4 Å². The van der Waals surface area contributed by atoms with E-state index in [0.717, 1.165) is 0 Å². The Morgan fingerprint density at radius 2 is 1.00 bits per heavy atom. The Labute approximate surface area is 268 Å². The van der Waals surface area contributed by atoms with E-state index in [0.29, 0.717) is 43.8 Å². The summed E-state index contributed by atoms with van der Waals surface area (Å²) < 4.78 is 25.9. The van der Waals surface area contributed by atoms with Gasteiger partial charge in [0, 0.05) is 33.6 Å². The van der Waals surface area contributed by atoms with E-state index >= 15 is 0 Å². The number of carbonyl (C=O) groups excluding carboxylic acids is 3. The predicted molar refractivity (Wildman–Crippen MR) is 165 cm³/mol. The molecule has 2 atom stereocenters. The number of aryl methyl sites for hydroxylation is 2. The molecule has 0 N–H and O–H groups in total. The van der Waals surface area contributed by atoms with Crippen LogP contribution >= 0.6 is 34.8 Å². The molecule has 0 aliphatic rings. The van der Waals surface area contributed by atoms with Crippen molar-refractivity contribution in [1.82, 2.24) is 9.97 Å². The number of carbonyl (C=O) groups is 3. The summed E-state index contributed by atoms with van der Waals surface area (Å²) in [5.74, 6) is -1.70. The summed E-state index contributed by atoms with van der Waals surface area (Å²) >= 11 is 18.7. The Morgan fingerprint density at radius 3 is 1.35 bits per heavy atom. The van der Waals surface area contributed by atoms with Gasteiger partial charge in [0.05, 0.1) is 42.6 Å². The molecule has 2 rings (SSSR count). The molecule has 13 heteroatoms. The van der Waals surface area contributed by atoms with Gasteiger partial charge in [-0.15, -0.1) is 0 Å². The average Bonchev–Trinajstić information content (AvgIpc) is 2.90. The number of esters is 3. The first-order valence-corrected chi connectivity index (χ1v) is 14.3. The summed E-state index contributed by atoms with van der Waals surface area (Å²) in [6.07, 6.45) is -1.97. The molecule has 0 spiro atoms. The van der Waals surface area contributed by atoms with Gasteiger partial charge in [-0.3, -0.25) is 0 Å². The molecule has 0 saturated heterocycles. The Bertz CT molecular complexity index is 1350. The SMILES string of the molecule is COC(=O)[C@@H](OC(C)(C)C)c1c(C)nc(Cl)c(C)c1Cl.COC(=O)c1nc(C)c([C@H](OC(C)(C)C)C(=O)OC)c(Cl)c1C. The number of aromatic nitrogens is 2. The minimum Gasteiger partial charge on any atom is -0.467 e. The topological polar surface area (TPSA) is 123 Å². The van der Waals surface area contributed by atoms with Gasteiger partial charge in [-0.2, -0.15) is 0 Å². The fourth-order valence-corrected chi connectivity index (χ4v) is 4.72. The molecule has 0 aliphatic carbocycles. The van der Waals surface area contributed by atoms with Crippen LogP contribution in [0.4, 0.5) is 0 Å². The lowest BCUT2D eigenvalue weighted by atomic mass is 10.0. The monoisotopic (exact) mass is 662 g/mol. The lowest BCUT2D eigenvalue weighted by Crippen LogP contribution is -2.29. The number of methoxy groups -OCH3 is 3. The van der Waals surface area contributed by atoms with Crippen LogP contribution in [0.15, 0.2) is 0 Å². The van der Waals surface area contributed by atoms with E-state index in [2.05, 4.69) is 9.97 Å². The van der Waals surface area contributed by atoms with Gasteiger partial charge in [0.15, 0.2) is 17.9 Å². The van der Waals surface area contributed by atoms with Crippen molar-refractivity contribution in [2.24, 2.45) is 0 Å². The van der Waals surface area contributed by atoms with Crippen molar-refractivity contribution < 1.29 is 38.1 Å². The van der Waals surface area contributed by atoms with Gasteiger partial charge >= 0.3 is 17.9 Å². The fraction of sp³-hybridized carbons (Fsp3) is 0.567. The summed E-state index contributed by atoms with van der Waals surface area (Å²) in [6, 6.07) is 0. The number of rotatable bonds is 7. The molecule has 0 bridgehead atoms. The van der Waals surface area contributed by atoms with Crippen LogP contribution in [0.3, 0.4) is 0 Å². The van der Waals surface area contributed by atoms with Crippen molar-refractivity contribution in [3.05, 3.63) is 54.5 Å². The van der Waals surface area contributed by atoms with Crippen LogP contribution in [-0.2, 0) is 33.3 Å². The van der Waals surface area contributed by atoms with Crippen LogP contribution in [0.2, 0.25) is 15.2 Å². The van der Waals surface area contributed by atoms with Crippen LogP contribution in [-0.4, -0.2) is 60.4 Å². The first-order chi connectivity index (χ1) is 19.6. The Morgan fingerprint density at radius 1 is 0.628 bits per heavy atom. The fourth-order valence-electron chi connectivity index (χ4n) is 3.80. The summed E-state index contributed by atoms with van der Waals surface area (Å²) in [5.41, 5.74) is 1.83. The third-order valence-electron chi connectivity index (χ3n) is 5.80. The van der Waals surface area contributed by atoms with E-state index in [1.54, 1.807) is 27.7 Å². The van der Waals surface area contributed by atoms with Crippen LogP contribution in [0.1, 0.15) is 97.9 Å². The van der Waals surface area contributed by atoms with E-state index in [-0.39, 0.29) is 10.7 Å². The Kier molecular flexibility index (Phi) is 13.9. The number of hydrogen-bond donors (Lipinski definition) is 0. The molecule has 43 heavy (non-hydrogen) atoms. The maximum absolute atomic E-state index is 12.2. The maximum Gasteiger partial charge on any atom is 0.356 e. The highest BCUT2D eigenvalue weighted by Gasteiger charge is 2.34. The van der Waals surface area contributed by atoms with Crippen molar-refractivity contribution in [3.63, 3.8) is 0 Å². The molecule has 0 aromatic carbocycles. The second kappa shape index (κ2) is 15.5. The highest BCUT2D eigenvalue weighted by atomic mass is 35.5. The molecule has 240 valence electrons. The molecule has 2 heterocycles. The van der Waals surface area contributed by atoms with Crippen molar-refractivity contribution in [3.8, 4) is 0 Å². The zero-order valence-corrected chi connectivity index (χ0v) is 29.2. The van der Waals surface area contributed by atoms with Crippen molar-refractivity contribution >= 4 is 52.7 Å². The van der Waals surface area contributed by atoms with E-state index in [1.807, 2.05) is 41.5 Å². The number of halogens is 3. The van der Waals surface area contributed by atoms with Crippen LogP contribution < -0.4 is 0 Å². The third-order valence-corrected chi connectivity index (χ3v) is 7.14. The lowest BCUT2D eigenvalue weighted by molar-refractivity contribution is -0.164. The summed E-state index contributed by atoms with van der Waals surface area (Å²) in [4.78, 5) is 44.4. The summed E-state index contributed by atoms with van der Waals surface area (Å²) in [6.45, 7) is 17.7. The van der Waals surface area contributed by atoms with Gasteiger partial charge in [0.25, 0.3) is 0 Å². The average molecular weight is 664 g/mol. The van der Waals surface area contributed by atoms with Crippen LogP contribution in [0.25, 0.3) is 0 Å². The quantitative estimate of drug-likeness (QED) is 0.171. The van der Waals surface area contributed by atoms with Gasteiger partial charge in [-0.05, 0) is 69.2 Å². The van der Waals surface area contributed by atoms with E-state index < -0.39 is 41.3 Å². The van der Waals surface area contributed by atoms with Crippen LogP contribution in [0.5, 0.6) is 0 Å². The summed E-state index contributed by atoms with van der Waals surface area (Å²) in [7, 11) is 3.84. The number of hydrogen-bond acceptors (Lipinski definition) is 10. The minimum absolute atomic E-state index is 0.109. The van der Waals surface area contributed by atoms with Gasteiger partial charge in [-0.1, -0.05) is 34.8 Å². The molecular weight excluding hydrogens is 623 g/mol. The maximum atomic E-state index is 12.2. The standard InChI is InChI=1S/C16H22ClNO5.C14H19Cl2NO3/c1-8-11(17)10(9(2)18-12(8)14(19)21-6)13(15(20)22-7)23-16(3,4)5;1-7-10(15)9(8(2)17-12(7)16)11(13(18)19-6)20-14(3,4)5/h13H,1-7H3;11H,1-6H3/t13-;11-/m00/s1. The van der Waals surface area contributed by atoms with Crippen molar-refractivity contribution in [1.29, 1.82) is 0 Å². The minimum atomic E-state index is -1.04. The number of ether oxygens (including phenoxy) is 5.